The molecule has 0 aliphatic heterocycles. The summed E-state index contributed by atoms with van der Waals surface area (Å²) in [7, 11) is 4.78. The van der Waals surface area contributed by atoms with Gasteiger partial charge in [0.25, 0.3) is 0 Å². The van der Waals surface area contributed by atoms with Crippen molar-refractivity contribution in [1.82, 2.24) is 0 Å². The van der Waals surface area contributed by atoms with Gasteiger partial charge in [-0.25, -0.2) is 0 Å². The average Bonchev–Trinajstić information content (AvgIpc) is 2.69. The van der Waals surface area contributed by atoms with E-state index in [1.165, 1.54) is 159 Å². The SMILES string of the molecule is CCCCCCCCCCCCCCCCCCCCCCC[N+](C)(C)CCC. The first-order valence-corrected chi connectivity index (χ1v) is 13.9. The van der Waals surface area contributed by atoms with Crippen molar-refractivity contribution in [1.29, 1.82) is 0 Å². The van der Waals surface area contributed by atoms with E-state index >= 15 is 0 Å². The van der Waals surface area contributed by atoms with Crippen LogP contribution in [0.3, 0.4) is 0 Å². The normalized spacial score (nSPS) is 12.0. The molecule has 0 aromatic rings. The van der Waals surface area contributed by atoms with E-state index in [1.807, 2.05) is 0 Å². The van der Waals surface area contributed by atoms with Gasteiger partial charge in [0.15, 0.2) is 0 Å². The zero-order valence-corrected chi connectivity index (χ0v) is 21.4. The maximum absolute atomic E-state index is 2.39. The summed E-state index contributed by atoms with van der Waals surface area (Å²) >= 11 is 0. The van der Waals surface area contributed by atoms with E-state index in [1.54, 1.807) is 0 Å². The molecule has 0 radical (unpaired) electrons. The topological polar surface area (TPSA) is 0 Å². The first-order chi connectivity index (χ1) is 14.1. The second-order valence-electron chi connectivity index (χ2n) is 10.5. The molecule has 0 spiro atoms. The van der Waals surface area contributed by atoms with Gasteiger partial charge in [0, 0.05) is 0 Å². The zero-order valence-electron chi connectivity index (χ0n) is 21.4. The predicted molar refractivity (Wildman–Crippen MR) is 135 cm³/mol. The predicted octanol–water partition coefficient (Wildman–Crippen LogP) is 9.68. The van der Waals surface area contributed by atoms with Crippen LogP contribution in [0.25, 0.3) is 0 Å². The molecule has 176 valence electrons. The summed E-state index contributed by atoms with van der Waals surface area (Å²) in [5.74, 6) is 0. The van der Waals surface area contributed by atoms with Crippen molar-refractivity contribution in [3.05, 3.63) is 0 Å². The van der Waals surface area contributed by atoms with Gasteiger partial charge < -0.3 is 4.48 Å². The number of nitrogens with zero attached hydrogens (tertiary/aromatic N) is 1. The molecule has 1 heteroatoms. The van der Waals surface area contributed by atoms with Gasteiger partial charge in [-0.2, -0.15) is 0 Å². The molecule has 0 aliphatic carbocycles. The average molecular weight is 411 g/mol. The first-order valence-electron chi connectivity index (χ1n) is 13.9. The molecule has 0 fully saturated rings. The summed E-state index contributed by atoms with van der Waals surface area (Å²) < 4.78 is 1.22. The molecule has 0 aromatic heterocycles. The number of rotatable bonds is 24. The fraction of sp³-hybridized carbons (Fsp3) is 1.00. The minimum absolute atomic E-state index is 1.22. The molecule has 0 heterocycles. The highest BCUT2D eigenvalue weighted by molar-refractivity contribution is 4.51. The largest absolute Gasteiger partial charge is 0.328 e. The Labute approximate surface area is 187 Å². The zero-order chi connectivity index (χ0) is 21.5. The summed E-state index contributed by atoms with van der Waals surface area (Å²) in [6.07, 6.45) is 32.2. The highest BCUT2D eigenvalue weighted by Gasteiger charge is 2.11. The molecule has 0 saturated heterocycles. The summed E-state index contributed by atoms with van der Waals surface area (Å²) in [5, 5.41) is 0. The van der Waals surface area contributed by atoms with Crippen molar-refractivity contribution < 1.29 is 4.48 Å². The highest BCUT2D eigenvalue weighted by Crippen LogP contribution is 2.15. The summed E-state index contributed by atoms with van der Waals surface area (Å²) in [6, 6.07) is 0. The van der Waals surface area contributed by atoms with E-state index in [2.05, 4.69) is 27.9 Å². The van der Waals surface area contributed by atoms with E-state index in [-0.39, 0.29) is 0 Å². The Morgan fingerprint density at radius 1 is 0.310 bits per heavy atom. The van der Waals surface area contributed by atoms with Crippen molar-refractivity contribution >= 4 is 0 Å². The lowest BCUT2D eigenvalue weighted by molar-refractivity contribution is -0.890. The standard InChI is InChI=1S/C28H60N/c1-5-7-8-9-10-11-12-13-14-15-16-17-18-19-20-21-22-23-24-25-26-28-29(3,4)27-6-2/h5-28H2,1-4H3/q+1. The Bertz CT molecular complexity index is 297. The Hall–Kier alpha value is -0.0400. The van der Waals surface area contributed by atoms with E-state index < -0.39 is 0 Å². The van der Waals surface area contributed by atoms with E-state index in [0.29, 0.717) is 0 Å². The minimum atomic E-state index is 1.22. The van der Waals surface area contributed by atoms with E-state index in [9.17, 15) is 0 Å². The molecule has 0 aromatic carbocycles. The van der Waals surface area contributed by atoms with Gasteiger partial charge in [0.05, 0.1) is 27.2 Å². The molecular weight excluding hydrogens is 350 g/mol. The van der Waals surface area contributed by atoms with Crippen LogP contribution in [0.2, 0.25) is 0 Å². The van der Waals surface area contributed by atoms with Gasteiger partial charge in [-0.05, 0) is 19.3 Å². The van der Waals surface area contributed by atoms with E-state index in [0.717, 1.165) is 0 Å². The fourth-order valence-electron chi connectivity index (χ4n) is 4.69. The summed E-state index contributed by atoms with van der Waals surface area (Å²) in [6.45, 7) is 7.31. The molecule has 0 unspecified atom stereocenters. The molecule has 0 N–H and O–H groups in total. The molecule has 0 rings (SSSR count). The van der Waals surface area contributed by atoms with E-state index in [4.69, 9.17) is 0 Å². The molecule has 1 nitrogen and oxygen atoms in total. The summed E-state index contributed by atoms with van der Waals surface area (Å²) in [4.78, 5) is 0. The summed E-state index contributed by atoms with van der Waals surface area (Å²) in [5.41, 5.74) is 0. The van der Waals surface area contributed by atoms with Gasteiger partial charge >= 0.3 is 0 Å². The molecule has 0 saturated carbocycles. The number of quaternary nitrogens is 1. The van der Waals surface area contributed by atoms with Crippen molar-refractivity contribution in [3.8, 4) is 0 Å². The minimum Gasteiger partial charge on any atom is -0.328 e. The Morgan fingerprint density at radius 3 is 0.862 bits per heavy atom. The lowest BCUT2D eigenvalue weighted by atomic mass is 10.0. The highest BCUT2D eigenvalue weighted by atomic mass is 15.3. The third-order valence-electron chi connectivity index (χ3n) is 6.70. The maximum Gasteiger partial charge on any atom is 0.0782 e. The smallest absolute Gasteiger partial charge is 0.0782 e. The molecular formula is C28H60N+. The van der Waals surface area contributed by atoms with Crippen LogP contribution in [0.5, 0.6) is 0 Å². The van der Waals surface area contributed by atoms with Crippen LogP contribution < -0.4 is 0 Å². The number of hydrogen-bond donors (Lipinski definition) is 0. The van der Waals surface area contributed by atoms with Crippen LogP contribution >= 0.6 is 0 Å². The molecule has 0 aliphatic rings. The van der Waals surface area contributed by atoms with Gasteiger partial charge in [-0.15, -0.1) is 0 Å². The first kappa shape index (κ1) is 29.0. The van der Waals surface area contributed by atoms with Crippen LogP contribution in [0, 0.1) is 0 Å². The van der Waals surface area contributed by atoms with Gasteiger partial charge in [-0.3, -0.25) is 0 Å². The lowest BCUT2D eigenvalue weighted by Gasteiger charge is -2.29. The Kier molecular flexibility index (Phi) is 22.6. The molecule has 29 heavy (non-hydrogen) atoms. The van der Waals surface area contributed by atoms with Crippen LogP contribution in [0.15, 0.2) is 0 Å². The van der Waals surface area contributed by atoms with Crippen molar-refractivity contribution in [3.63, 3.8) is 0 Å². The van der Waals surface area contributed by atoms with Gasteiger partial charge in [0.2, 0.25) is 0 Å². The fourth-order valence-corrected chi connectivity index (χ4v) is 4.69. The van der Waals surface area contributed by atoms with Crippen molar-refractivity contribution in [2.24, 2.45) is 0 Å². The van der Waals surface area contributed by atoms with Crippen LogP contribution in [0.4, 0.5) is 0 Å². The Balaban J connectivity index is 3.08. The maximum atomic E-state index is 2.39. The monoisotopic (exact) mass is 410 g/mol. The quantitative estimate of drug-likeness (QED) is 0.110. The van der Waals surface area contributed by atoms with Crippen LogP contribution in [0.1, 0.15) is 155 Å². The second kappa shape index (κ2) is 22.6. The third-order valence-corrected chi connectivity index (χ3v) is 6.70. The number of unbranched alkanes of at least 4 members (excludes halogenated alkanes) is 20. The van der Waals surface area contributed by atoms with Gasteiger partial charge in [0.1, 0.15) is 0 Å². The van der Waals surface area contributed by atoms with Crippen LogP contribution in [-0.4, -0.2) is 31.7 Å². The second-order valence-corrected chi connectivity index (χ2v) is 10.5. The molecule has 0 amide bonds. The lowest BCUT2D eigenvalue weighted by Crippen LogP contribution is -2.40. The van der Waals surface area contributed by atoms with Crippen molar-refractivity contribution in [2.45, 2.75) is 155 Å². The molecule has 0 atom stereocenters. The van der Waals surface area contributed by atoms with Crippen LogP contribution in [-0.2, 0) is 0 Å². The Morgan fingerprint density at radius 2 is 0.586 bits per heavy atom. The van der Waals surface area contributed by atoms with Gasteiger partial charge in [-0.1, -0.05) is 136 Å². The molecule has 0 bridgehead atoms. The number of hydrogen-bond acceptors (Lipinski definition) is 0. The third kappa shape index (κ3) is 24.1. The van der Waals surface area contributed by atoms with Crippen molar-refractivity contribution in [2.75, 3.05) is 27.2 Å².